The van der Waals surface area contributed by atoms with Gasteiger partial charge in [0, 0.05) is 18.2 Å². The molecule has 2 aromatic carbocycles. The standard InChI is InChI=1S/C27H23F4N7O2/c1-2-15-9-14(3-7-19(15)28)12-32-24(39)21-11-22(34-13-33-21)25(40)35-20-8-5-16-10-17(4-6-18(16)20)23-36-26(38-37-23)27(29,30)31/h3-4,6-7,9-11,13,20H,2,5,8,12H2,1H3,(H,32,39)(H,35,40)(H,36,37,38). The van der Waals surface area contributed by atoms with Crippen molar-refractivity contribution >= 4 is 11.8 Å². The quantitative estimate of drug-likeness (QED) is 0.293. The normalized spacial score (nSPS) is 14.6. The lowest BCUT2D eigenvalue weighted by molar-refractivity contribution is -0.144. The highest BCUT2D eigenvalue weighted by Gasteiger charge is 2.35. The first-order chi connectivity index (χ1) is 19.1. The van der Waals surface area contributed by atoms with Crippen LogP contribution in [0.5, 0.6) is 0 Å². The molecular weight excluding hydrogens is 530 g/mol. The van der Waals surface area contributed by atoms with Gasteiger partial charge in [-0.05, 0) is 53.6 Å². The van der Waals surface area contributed by atoms with Crippen LogP contribution in [0.25, 0.3) is 11.4 Å². The zero-order chi connectivity index (χ0) is 28.4. The summed E-state index contributed by atoms with van der Waals surface area (Å²) in [4.78, 5) is 37.1. The highest BCUT2D eigenvalue weighted by molar-refractivity contribution is 5.97. The number of nitrogens with zero attached hydrogens (tertiary/aromatic N) is 4. The third-order valence-electron chi connectivity index (χ3n) is 6.61. The van der Waals surface area contributed by atoms with Crippen LogP contribution < -0.4 is 10.6 Å². The fourth-order valence-electron chi connectivity index (χ4n) is 4.54. The van der Waals surface area contributed by atoms with Gasteiger partial charge in [0.1, 0.15) is 23.5 Å². The summed E-state index contributed by atoms with van der Waals surface area (Å²) in [6, 6.07) is 10.6. The van der Waals surface area contributed by atoms with Crippen molar-refractivity contribution in [2.45, 2.75) is 44.9 Å². The number of carbonyl (C=O) groups is 2. The second-order valence-electron chi connectivity index (χ2n) is 9.23. The number of aromatic amines is 1. The predicted octanol–water partition coefficient (Wildman–Crippen LogP) is 4.33. The molecule has 0 saturated heterocycles. The Labute approximate surface area is 225 Å². The number of hydrogen-bond donors (Lipinski definition) is 3. The van der Waals surface area contributed by atoms with Gasteiger partial charge < -0.3 is 10.6 Å². The molecule has 1 atom stereocenters. The van der Waals surface area contributed by atoms with E-state index in [2.05, 4.69) is 30.7 Å². The maximum absolute atomic E-state index is 13.7. The molecule has 0 saturated carbocycles. The van der Waals surface area contributed by atoms with Crippen LogP contribution in [-0.4, -0.2) is 37.0 Å². The maximum Gasteiger partial charge on any atom is 0.451 e. The minimum absolute atomic E-state index is 0.000624. The van der Waals surface area contributed by atoms with Crippen molar-refractivity contribution in [1.82, 2.24) is 35.8 Å². The van der Waals surface area contributed by atoms with E-state index in [1.165, 1.54) is 12.1 Å². The molecule has 9 nitrogen and oxygen atoms in total. The molecule has 0 radical (unpaired) electrons. The molecule has 1 aliphatic carbocycles. The van der Waals surface area contributed by atoms with Crippen LogP contribution in [0.4, 0.5) is 17.6 Å². The first kappa shape index (κ1) is 26.9. The van der Waals surface area contributed by atoms with E-state index in [-0.39, 0.29) is 35.6 Å². The van der Waals surface area contributed by atoms with Crippen molar-refractivity contribution in [3.8, 4) is 11.4 Å². The van der Waals surface area contributed by atoms with Gasteiger partial charge in [-0.15, -0.1) is 0 Å². The van der Waals surface area contributed by atoms with Gasteiger partial charge in [-0.2, -0.15) is 18.3 Å². The largest absolute Gasteiger partial charge is 0.451 e. The van der Waals surface area contributed by atoms with Crippen LogP contribution in [-0.2, 0) is 25.6 Å². The number of halogens is 4. The molecule has 0 bridgehead atoms. The molecule has 1 aliphatic rings. The lowest BCUT2D eigenvalue weighted by Crippen LogP contribution is -2.29. The lowest BCUT2D eigenvalue weighted by Gasteiger charge is -2.14. The molecular formula is C27H23F4N7O2. The number of carbonyl (C=O) groups excluding carboxylic acids is 2. The van der Waals surface area contributed by atoms with Gasteiger partial charge >= 0.3 is 6.18 Å². The highest BCUT2D eigenvalue weighted by atomic mass is 19.4. The van der Waals surface area contributed by atoms with E-state index in [0.717, 1.165) is 23.0 Å². The molecule has 0 aliphatic heterocycles. The van der Waals surface area contributed by atoms with Gasteiger partial charge in [0.05, 0.1) is 6.04 Å². The van der Waals surface area contributed by atoms with Crippen LogP contribution in [0, 0.1) is 5.82 Å². The van der Waals surface area contributed by atoms with Gasteiger partial charge in [-0.1, -0.05) is 31.2 Å². The van der Waals surface area contributed by atoms with Crippen LogP contribution in [0.3, 0.4) is 0 Å². The van der Waals surface area contributed by atoms with Crippen molar-refractivity contribution in [3.05, 3.63) is 94.1 Å². The van der Waals surface area contributed by atoms with Gasteiger partial charge in [0.15, 0.2) is 5.82 Å². The van der Waals surface area contributed by atoms with Crippen molar-refractivity contribution < 1.29 is 27.2 Å². The summed E-state index contributed by atoms with van der Waals surface area (Å²) in [5.74, 6) is -2.57. The summed E-state index contributed by atoms with van der Waals surface area (Å²) >= 11 is 0. The Morgan fingerprint density at radius 3 is 2.55 bits per heavy atom. The minimum atomic E-state index is -4.62. The third kappa shape index (κ3) is 5.67. The molecule has 0 spiro atoms. The number of aromatic nitrogens is 5. The third-order valence-corrected chi connectivity index (χ3v) is 6.61. The van der Waals surface area contributed by atoms with Crippen molar-refractivity contribution in [2.75, 3.05) is 0 Å². The van der Waals surface area contributed by atoms with E-state index in [1.807, 2.05) is 12.0 Å². The second kappa shape index (κ2) is 10.8. The number of H-pyrrole nitrogens is 1. The molecule has 40 heavy (non-hydrogen) atoms. The van der Waals surface area contributed by atoms with Crippen LogP contribution in [0.2, 0.25) is 0 Å². The summed E-state index contributed by atoms with van der Waals surface area (Å²) in [6.07, 6.45) is -1.82. The van der Waals surface area contributed by atoms with Crippen LogP contribution >= 0.6 is 0 Å². The number of alkyl halides is 3. The fraction of sp³-hybridized carbons (Fsp3) is 0.259. The molecule has 5 rings (SSSR count). The average molecular weight is 554 g/mol. The number of amides is 2. The summed E-state index contributed by atoms with van der Waals surface area (Å²) in [6.45, 7) is 1.99. The molecule has 2 heterocycles. The predicted molar refractivity (Wildman–Crippen MR) is 134 cm³/mol. The Morgan fingerprint density at radius 2 is 1.82 bits per heavy atom. The molecule has 2 amide bonds. The summed E-state index contributed by atoms with van der Waals surface area (Å²) in [5.41, 5.74) is 3.38. The van der Waals surface area contributed by atoms with Crippen molar-refractivity contribution in [1.29, 1.82) is 0 Å². The molecule has 4 aromatic rings. The average Bonchev–Trinajstić information content (AvgIpc) is 3.60. The van der Waals surface area contributed by atoms with Gasteiger partial charge in [-0.3, -0.25) is 14.7 Å². The first-order valence-electron chi connectivity index (χ1n) is 12.4. The second-order valence-corrected chi connectivity index (χ2v) is 9.23. The van der Waals surface area contributed by atoms with E-state index >= 15 is 0 Å². The molecule has 0 fully saturated rings. The molecule has 13 heteroatoms. The van der Waals surface area contributed by atoms with Crippen LogP contribution in [0.1, 0.15) is 68.4 Å². The van der Waals surface area contributed by atoms with Crippen LogP contribution in [0.15, 0.2) is 48.8 Å². The van der Waals surface area contributed by atoms with E-state index in [0.29, 0.717) is 30.4 Å². The van der Waals surface area contributed by atoms with Gasteiger partial charge in [0.25, 0.3) is 11.8 Å². The minimum Gasteiger partial charge on any atom is -0.347 e. The van der Waals surface area contributed by atoms with E-state index in [4.69, 9.17) is 0 Å². The van der Waals surface area contributed by atoms with Crippen molar-refractivity contribution in [3.63, 3.8) is 0 Å². The van der Waals surface area contributed by atoms with E-state index in [1.54, 1.807) is 30.3 Å². The zero-order valence-corrected chi connectivity index (χ0v) is 21.1. The molecule has 206 valence electrons. The first-order valence-corrected chi connectivity index (χ1v) is 12.4. The Balaban J connectivity index is 1.23. The molecule has 1 unspecified atom stereocenters. The SMILES string of the molecule is CCc1cc(CNC(=O)c2cc(C(=O)NC3CCc4cc(-c5n[nH]c(C(F)(F)F)n5)ccc43)ncn2)ccc1F. The summed E-state index contributed by atoms with van der Waals surface area (Å²) in [7, 11) is 0. The fourth-order valence-corrected chi connectivity index (χ4v) is 4.54. The Kier molecular flexibility index (Phi) is 7.28. The number of rotatable bonds is 7. The zero-order valence-electron chi connectivity index (χ0n) is 21.1. The van der Waals surface area contributed by atoms with Gasteiger partial charge in [-0.25, -0.2) is 19.3 Å². The molecule has 3 N–H and O–H groups in total. The summed E-state index contributed by atoms with van der Waals surface area (Å²) in [5, 5.41) is 11.2. The van der Waals surface area contributed by atoms with E-state index < -0.39 is 23.8 Å². The Bertz CT molecular complexity index is 1590. The number of benzene rings is 2. The number of nitrogens with one attached hydrogen (secondary N) is 3. The maximum atomic E-state index is 13.7. The Morgan fingerprint density at radius 1 is 1.05 bits per heavy atom. The lowest BCUT2D eigenvalue weighted by atomic mass is 10.0. The smallest absolute Gasteiger partial charge is 0.347 e. The number of aryl methyl sites for hydroxylation is 2. The molecule has 2 aromatic heterocycles. The topological polar surface area (TPSA) is 126 Å². The number of fused-ring (bicyclic) bond motifs is 1. The monoisotopic (exact) mass is 553 g/mol. The van der Waals surface area contributed by atoms with Gasteiger partial charge in [0.2, 0.25) is 5.82 Å². The van der Waals surface area contributed by atoms with Crippen molar-refractivity contribution in [2.24, 2.45) is 0 Å². The number of hydrogen-bond acceptors (Lipinski definition) is 6. The highest BCUT2D eigenvalue weighted by Crippen LogP contribution is 2.34. The van der Waals surface area contributed by atoms with E-state index in [9.17, 15) is 27.2 Å². The summed E-state index contributed by atoms with van der Waals surface area (Å²) < 4.78 is 52.3. The Hall–Kier alpha value is -4.68.